The lowest BCUT2D eigenvalue weighted by atomic mass is 10.7. The maximum absolute atomic E-state index is 10.3. The Morgan fingerprint density at radius 2 is 2.70 bits per heavy atom. The van der Waals surface area contributed by atoms with Crippen molar-refractivity contribution in [2.24, 2.45) is 0 Å². The van der Waals surface area contributed by atoms with E-state index in [0.717, 1.165) is 6.41 Å². The Balaban J connectivity index is 2.73. The zero-order valence-corrected chi connectivity index (χ0v) is 6.34. The Labute approximate surface area is 62.7 Å². The average molecular weight is 157 g/mol. The normalized spacial score (nSPS) is 9.30. The first-order valence-electron chi connectivity index (χ1n) is 2.87. The van der Waals surface area contributed by atoms with Crippen LogP contribution < -0.4 is 4.90 Å². The van der Waals surface area contributed by atoms with Crippen molar-refractivity contribution in [3.8, 4) is 0 Å². The Morgan fingerprint density at radius 1 is 1.90 bits per heavy atom. The van der Waals surface area contributed by atoms with Gasteiger partial charge < -0.3 is 0 Å². The predicted octanol–water partition coefficient (Wildman–Crippen LogP) is 0.521. The molecule has 10 heavy (non-hydrogen) atoms. The molecule has 1 rings (SSSR count). The summed E-state index contributed by atoms with van der Waals surface area (Å²) in [6.07, 6.45) is 2.19. The van der Waals surface area contributed by atoms with E-state index in [2.05, 4.69) is 9.36 Å². The van der Waals surface area contributed by atoms with Crippen molar-refractivity contribution in [1.29, 1.82) is 0 Å². The number of nitrogens with zero attached hydrogens (tertiary/aromatic N) is 3. The average Bonchev–Trinajstić information content (AvgIpc) is 2.43. The number of rotatable bonds is 3. The van der Waals surface area contributed by atoms with Gasteiger partial charge in [-0.3, -0.25) is 9.69 Å². The molecule has 0 aliphatic rings. The molecule has 0 spiro atoms. The van der Waals surface area contributed by atoms with Gasteiger partial charge in [0.2, 0.25) is 11.5 Å². The van der Waals surface area contributed by atoms with Gasteiger partial charge in [0, 0.05) is 18.1 Å². The van der Waals surface area contributed by atoms with Crippen LogP contribution in [-0.2, 0) is 4.79 Å². The van der Waals surface area contributed by atoms with Gasteiger partial charge in [0.15, 0.2) is 0 Å². The van der Waals surface area contributed by atoms with Crippen molar-refractivity contribution in [2.45, 2.75) is 6.92 Å². The fourth-order valence-corrected chi connectivity index (χ4v) is 1.11. The van der Waals surface area contributed by atoms with Crippen molar-refractivity contribution in [3.63, 3.8) is 0 Å². The quantitative estimate of drug-likeness (QED) is 0.601. The van der Waals surface area contributed by atoms with E-state index in [1.54, 1.807) is 0 Å². The van der Waals surface area contributed by atoms with Crippen LogP contribution in [0.4, 0.5) is 5.13 Å². The smallest absolute Gasteiger partial charge is 0.215 e. The first kappa shape index (κ1) is 7.14. The lowest BCUT2D eigenvalue weighted by Gasteiger charge is -2.07. The van der Waals surface area contributed by atoms with Crippen LogP contribution in [0.5, 0.6) is 0 Å². The van der Waals surface area contributed by atoms with Gasteiger partial charge in [0.1, 0.15) is 6.33 Å². The van der Waals surface area contributed by atoms with Crippen LogP contribution in [0, 0.1) is 0 Å². The second kappa shape index (κ2) is 3.26. The summed E-state index contributed by atoms with van der Waals surface area (Å²) in [5.74, 6) is 0. The van der Waals surface area contributed by atoms with Crippen molar-refractivity contribution in [1.82, 2.24) is 9.36 Å². The molecule has 1 aromatic heterocycles. The third kappa shape index (κ3) is 1.30. The zero-order chi connectivity index (χ0) is 7.40. The summed E-state index contributed by atoms with van der Waals surface area (Å²) >= 11 is 1.21. The number of anilines is 1. The molecule has 5 heteroatoms. The number of aromatic nitrogens is 2. The highest BCUT2D eigenvalue weighted by molar-refractivity contribution is 7.09. The van der Waals surface area contributed by atoms with E-state index in [4.69, 9.17) is 0 Å². The van der Waals surface area contributed by atoms with Gasteiger partial charge in [-0.25, -0.2) is 4.98 Å². The molecule has 0 aromatic carbocycles. The molecule has 0 saturated carbocycles. The lowest BCUT2D eigenvalue weighted by Crippen LogP contribution is -2.19. The van der Waals surface area contributed by atoms with Gasteiger partial charge in [-0.1, -0.05) is 0 Å². The fraction of sp³-hybridized carbons (Fsp3) is 0.400. The zero-order valence-electron chi connectivity index (χ0n) is 5.52. The van der Waals surface area contributed by atoms with Gasteiger partial charge in [-0.2, -0.15) is 4.37 Å². The first-order chi connectivity index (χ1) is 4.88. The van der Waals surface area contributed by atoms with E-state index < -0.39 is 0 Å². The molecular weight excluding hydrogens is 150 g/mol. The van der Waals surface area contributed by atoms with Gasteiger partial charge in [0.05, 0.1) is 0 Å². The van der Waals surface area contributed by atoms with E-state index in [9.17, 15) is 4.79 Å². The van der Waals surface area contributed by atoms with Crippen LogP contribution in [0.1, 0.15) is 6.92 Å². The molecule has 0 saturated heterocycles. The van der Waals surface area contributed by atoms with Crippen LogP contribution in [0.2, 0.25) is 0 Å². The maximum Gasteiger partial charge on any atom is 0.215 e. The highest BCUT2D eigenvalue weighted by Gasteiger charge is 2.03. The Bertz CT molecular complexity index is 199. The van der Waals surface area contributed by atoms with E-state index in [1.165, 1.54) is 22.8 Å². The number of carbonyl (C=O) groups excluding carboxylic acids is 1. The minimum absolute atomic E-state index is 0.638. The van der Waals surface area contributed by atoms with Crippen molar-refractivity contribution in [2.75, 3.05) is 11.4 Å². The summed E-state index contributed by atoms with van der Waals surface area (Å²) in [5, 5.41) is 0.650. The number of amides is 1. The molecule has 1 heterocycles. The first-order valence-corrected chi connectivity index (χ1v) is 3.64. The van der Waals surface area contributed by atoms with Gasteiger partial charge in [0.25, 0.3) is 0 Å². The van der Waals surface area contributed by atoms with Gasteiger partial charge in [-0.05, 0) is 6.92 Å². The minimum atomic E-state index is 0.638. The molecule has 0 N–H and O–H groups in total. The van der Waals surface area contributed by atoms with E-state index in [1.807, 2.05) is 6.92 Å². The summed E-state index contributed by atoms with van der Waals surface area (Å²) in [6.45, 7) is 2.52. The molecule has 0 atom stereocenters. The van der Waals surface area contributed by atoms with Crippen LogP contribution >= 0.6 is 11.5 Å². The van der Waals surface area contributed by atoms with Gasteiger partial charge in [-0.15, -0.1) is 0 Å². The van der Waals surface area contributed by atoms with Crippen molar-refractivity contribution < 1.29 is 4.79 Å². The molecule has 0 aliphatic carbocycles. The molecule has 54 valence electrons. The summed E-state index contributed by atoms with van der Waals surface area (Å²) in [7, 11) is 0. The molecular formula is C5H7N3OS. The molecule has 0 radical (unpaired) electrons. The molecule has 0 unspecified atom stereocenters. The number of carbonyl (C=O) groups is 1. The van der Waals surface area contributed by atoms with Crippen molar-refractivity contribution in [3.05, 3.63) is 6.33 Å². The molecule has 4 nitrogen and oxygen atoms in total. The number of hydrogen-bond acceptors (Lipinski definition) is 4. The Hall–Kier alpha value is -0.970. The minimum Gasteiger partial charge on any atom is -0.290 e. The lowest BCUT2D eigenvalue weighted by molar-refractivity contribution is -0.107. The standard InChI is InChI=1S/C5H7N3OS/c1-2-8(4-9)5-6-3-7-10-5/h3-4H,2H2,1H3. The molecule has 1 amide bonds. The topological polar surface area (TPSA) is 46.1 Å². The van der Waals surface area contributed by atoms with Gasteiger partial charge >= 0.3 is 0 Å². The van der Waals surface area contributed by atoms with Crippen molar-refractivity contribution >= 4 is 23.1 Å². The third-order valence-corrected chi connectivity index (χ3v) is 1.77. The molecule has 1 aromatic rings. The highest BCUT2D eigenvalue weighted by atomic mass is 32.1. The third-order valence-electron chi connectivity index (χ3n) is 1.06. The predicted molar refractivity (Wildman–Crippen MR) is 39.0 cm³/mol. The van der Waals surface area contributed by atoms with E-state index >= 15 is 0 Å². The Kier molecular flexibility index (Phi) is 2.33. The Morgan fingerprint density at radius 3 is 3.10 bits per heavy atom. The van der Waals surface area contributed by atoms with E-state index in [0.29, 0.717) is 11.7 Å². The second-order valence-corrected chi connectivity index (χ2v) is 2.37. The maximum atomic E-state index is 10.3. The van der Waals surface area contributed by atoms with Crippen LogP contribution in [0.15, 0.2) is 6.33 Å². The fourth-order valence-electron chi connectivity index (χ4n) is 0.549. The summed E-state index contributed by atoms with van der Waals surface area (Å²) < 4.78 is 3.77. The summed E-state index contributed by atoms with van der Waals surface area (Å²) in [6, 6.07) is 0. The SMILES string of the molecule is CCN(C=O)c1ncns1. The highest BCUT2D eigenvalue weighted by Crippen LogP contribution is 2.11. The largest absolute Gasteiger partial charge is 0.290 e. The van der Waals surface area contributed by atoms with Crippen LogP contribution in [-0.4, -0.2) is 22.3 Å². The summed E-state index contributed by atoms with van der Waals surface area (Å²) in [4.78, 5) is 15.7. The van der Waals surface area contributed by atoms with E-state index in [-0.39, 0.29) is 0 Å². The molecule has 0 fully saturated rings. The molecule has 0 bridgehead atoms. The summed E-state index contributed by atoms with van der Waals surface area (Å²) in [5.41, 5.74) is 0. The van der Waals surface area contributed by atoms with Crippen LogP contribution in [0.3, 0.4) is 0 Å². The monoisotopic (exact) mass is 157 g/mol. The second-order valence-electron chi connectivity index (χ2n) is 1.62. The number of hydrogen-bond donors (Lipinski definition) is 0. The van der Waals surface area contributed by atoms with Crippen LogP contribution in [0.25, 0.3) is 0 Å². The molecule has 0 aliphatic heterocycles.